The van der Waals surface area contributed by atoms with Crippen LogP contribution >= 0.6 is 0 Å². The van der Waals surface area contributed by atoms with E-state index in [0.29, 0.717) is 50.0 Å². The molecular weight excluding hydrogens is 428 g/mol. The second-order valence-corrected chi connectivity index (χ2v) is 8.87. The van der Waals surface area contributed by atoms with Crippen LogP contribution in [-0.2, 0) is 27.3 Å². The minimum atomic E-state index is -0.198. The van der Waals surface area contributed by atoms with Crippen LogP contribution in [0.2, 0.25) is 0 Å². The summed E-state index contributed by atoms with van der Waals surface area (Å²) in [6.45, 7) is 7.08. The summed E-state index contributed by atoms with van der Waals surface area (Å²) >= 11 is 0. The van der Waals surface area contributed by atoms with Crippen LogP contribution in [0.3, 0.4) is 0 Å². The molecule has 1 aliphatic heterocycles. The number of nitrogens with zero attached hydrogens (tertiary/aromatic N) is 1. The highest BCUT2D eigenvalue weighted by atomic mass is 16.5. The smallest absolute Gasteiger partial charge is 0.306 e. The maximum Gasteiger partial charge on any atom is 0.306 e. The molecule has 1 fully saturated rings. The van der Waals surface area contributed by atoms with Crippen molar-refractivity contribution in [1.82, 2.24) is 4.90 Å². The molecule has 2 aromatic rings. The fourth-order valence-electron chi connectivity index (χ4n) is 4.28. The van der Waals surface area contributed by atoms with Crippen LogP contribution in [0, 0.1) is 16.7 Å². The van der Waals surface area contributed by atoms with Crippen molar-refractivity contribution in [3.8, 4) is 11.1 Å². The summed E-state index contributed by atoms with van der Waals surface area (Å²) in [6.07, 6.45) is 3.00. The summed E-state index contributed by atoms with van der Waals surface area (Å²) in [7, 11) is 0. The Bertz CT molecular complexity index is 1010. The Morgan fingerprint density at radius 3 is 2.50 bits per heavy atom. The van der Waals surface area contributed by atoms with E-state index in [9.17, 15) is 4.79 Å². The van der Waals surface area contributed by atoms with Gasteiger partial charge in [-0.05, 0) is 73.4 Å². The minimum Gasteiger partial charge on any atom is -0.466 e. The number of piperidine rings is 1. The van der Waals surface area contributed by atoms with Crippen LogP contribution in [0.4, 0.5) is 0 Å². The van der Waals surface area contributed by atoms with E-state index >= 15 is 0 Å². The predicted molar refractivity (Wildman–Crippen MR) is 135 cm³/mol. The van der Waals surface area contributed by atoms with Crippen LogP contribution < -0.4 is 5.73 Å². The number of nitrogen functional groups attached to an aromatic ring is 1. The van der Waals surface area contributed by atoms with E-state index in [1.54, 1.807) is 0 Å². The monoisotopic (exact) mass is 464 g/mol. The van der Waals surface area contributed by atoms with Crippen molar-refractivity contribution in [3.63, 3.8) is 0 Å². The molecular formula is C27H36N4O3. The standard InChI is InChI=1S/C27H36N4O3/c1-3-34-26(32)8-7-21-13-22(18-33-17-20-9-11-31(12-10-20)19(2)28)15-25(14-21)23-5-4-6-24(16-23)27(29)30/h4-6,13-16,20,28H,3,7-12,17-18H2,1-2H3,(H3,29,30). The van der Waals surface area contributed by atoms with Crippen molar-refractivity contribution < 1.29 is 14.3 Å². The molecule has 7 nitrogen and oxygen atoms in total. The minimum absolute atomic E-state index is 0.0353. The van der Waals surface area contributed by atoms with Crippen molar-refractivity contribution in [3.05, 3.63) is 59.2 Å². The largest absolute Gasteiger partial charge is 0.466 e. The molecule has 4 N–H and O–H groups in total. The van der Waals surface area contributed by atoms with Gasteiger partial charge in [0.15, 0.2) is 0 Å². The molecule has 1 saturated heterocycles. The molecule has 0 radical (unpaired) electrons. The third-order valence-corrected chi connectivity index (χ3v) is 6.19. The lowest BCUT2D eigenvalue weighted by molar-refractivity contribution is -0.143. The van der Waals surface area contributed by atoms with Crippen LogP contribution in [0.15, 0.2) is 42.5 Å². The van der Waals surface area contributed by atoms with Crippen LogP contribution in [0.1, 0.15) is 49.8 Å². The summed E-state index contributed by atoms with van der Waals surface area (Å²) in [5, 5.41) is 15.5. The van der Waals surface area contributed by atoms with E-state index in [1.807, 2.05) is 38.1 Å². The van der Waals surface area contributed by atoms with Gasteiger partial charge in [0, 0.05) is 31.7 Å². The molecule has 7 heteroatoms. The van der Waals surface area contributed by atoms with Gasteiger partial charge in [0.1, 0.15) is 5.84 Å². The molecule has 1 aliphatic rings. The fraction of sp³-hybridized carbons (Fsp3) is 0.444. The number of carbonyl (C=O) groups excluding carboxylic acids is 1. The number of likely N-dealkylation sites (tertiary alicyclic amines) is 1. The van der Waals surface area contributed by atoms with E-state index in [2.05, 4.69) is 23.1 Å². The molecule has 0 unspecified atom stereocenters. The molecule has 0 atom stereocenters. The zero-order valence-electron chi connectivity index (χ0n) is 20.2. The Hall–Kier alpha value is -3.19. The highest BCUT2D eigenvalue weighted by Gasteiger charge is 2.19. The van der Waals surface area contributed by atoms with Gasteiger partial charge in [0.25, 0.3) is 0 Å². The molecule has 0 aromatic heterocycles. The summed E-state index contributed by atoms with van der Waals surface area (Å²) in [5.41, 5.74) is 10.5. The number of rotatable bonds is 10. The Kier molecular flexibility index (Phi) is 9.22. The average Bonchev–Trinajstić information content (AvgIpc) is 2.83. The molecule has 3 rings (SSSR count). The van der Waals surface area contributed by atoms with Crippen LogP contribution in [0.5, 0.6) is 0 Å². The van der Waals surface area contributed by atoms with E-state index in [1.165, 1.54) is 0 Å². The highest BCUT2D eigenvalue weighted by Crippen LogP contribution is 2.25. The molecule has 0 saturated carbocycles. The lowest BCUT2D eigenvalue weighted by Gasteiger charge is -2.32. The molecule has 2 aromatic carbocycles. The lowest BCUT2D eigenvalue weighted by atomic mass is 9.96. The number of aryl methyl sites for hydroxylation is 1. The molecule has 182 valence electrons. The van der Waals surface area contributed by atoms with Gasteiger partial charge in [-0.1, -0.05) is 30.3 Å². The van der Waals surface area contributed by atoms with E-state index in [0.717, 1.165) is 48.2 Å². The van der Waals surface area contributed by atoms with Gasteiger partial charge in [0.2, 0.25) is 0 Å². The number of ether oxygens (including phenoxy) is 2. The summed E-state index contributed by atoms with van der Waals surface area (Å²) < 4.78 is 11.2. The number of benzene rings is 2. The van der Waals surface area contributed by atoms with Crippen molar-refractivity contribution in [2.24, 2.45) is 11.7 Å². The maximum atomic E-state index is 11.9. The zero-order valence-corrected chi connectivity index (χ0v) is 20.2. The Morgan fingerprint density at radius 2 is 1.82 bits per heavy atom. The Balaban J connectivity index is 1.71. The highest BCUT2D eigenvalue weighted by molar-refractivity contribution is 5.96. The fourth-order valence-corrected chi connectivity index (χ4v) is 4.28. The second-order valence-electron chi connectivity index (χ2n) is 8.87. The Morgan fingerprint density at radius 1 is 1.09 bits per heavy atom. The van der Waals surface area contributed by atoms with E-state index < -0.39 is 0 Å². The third-order valence-electron chi connectivity index (χ3n) is 6.19. The van der Waals surface area contributed by atoms with E-state index in [4.69, 9.17) is 26.0 Å². The van der Waals surface area contributed by atoms with Gasteiger partial charge in [-0.15, -0.1) is 0 Å². The number of amidine groups is 2. The molecule has 0 bridgehead atoms. The number of esters is 1. The van der Waals surface area contributed by atoms with Crippen molar-refractivity contribution in [1.29, 1.82) is 10.8 Å². The Labute approximate surface area is 202 Å². The summed E-state index contributed by atoms with van der Waals surface area (Å²) in [4.78, 5) is 14.0. The van der Waals surface area contributed by atoms with Gasteiger partial charge in [-0.25, -0.2) is 0 Å². The number of hydrogen-bond acceptors (Lipinski definition) is 5. The van der Waals surface area contributed by atoms with Crippen molar-refractivity contribution in [2.75, 3.05) is 26.3 Å². The molecule has 0 aliphatic carbocycles. The molecule has 34 heavy (non-hydrogen) atoms. The summed E-state index contributed by atoms with van der Waals surface area (Å²) in [5.74, 6) is 0.985. The SMILES string of the molecule is CCOC(=O)CCc1cc(COCC2CCN(C(C)=N)CC2)cc(-c2cccc(C(=N)N)c2)c1. The zero-order chi connectivity index (χ0) is 24.5. The first kappa shape index (κ1) is 25.4. The lowest BCUT2D eigenvalue weighted by Crippen LogP contribution is -2.37. The van der Waals surface area contributed by atoms with Gasteiger partial charge < -0.3 is 20.1 Å². The van der Waals surface area contributed by atoms with E-state index in [-0.39, 0.29) is 11.8 Å². The third kappa shape index (κ3) is 7.42. The van der Waals surface area contributed by atoms with Gasteiger partial charge in [-0.2, -0.15) is 0 Å². The van der Waals surface area contributed by atoms with Gasteiger partial charge in [-0.3, -0.25) is 15.6 Å². The number of nitrogens with two attached hydrogens (primary N) is 1. The first-order chi connectivity index (χ1) is 16.4. The van der Waals surface area contributed by atoms with Crippen molar-refractivity contribution >= 4 is 17.6 Å². The average molecular weight is 465 g/mol. The molecule has 0 spiro atoms. The first-order valence-electron chi connectivity index (χ1n) is 12.0. The van der Waals surface area contributed by atoms with Gasteiger partial charge in [0.05, 0.1) is 19.0 Å². The second kappa shape index (κ2) is 12.3. The topological polar surface area (TPSA) is 112 Å². The maximum absolute atomic E-state index is 11.9. The summed E-state index contributed by atoms with van der Waals surface area (Å²) in [6, 6.07) is 13.9. The molecule has 1 heterocycles. The number of hydrogen-bond donors (Lipinski definition) is 3. The normalized spacial score (nSPS) is 14.1. The first-order valence-corrected chi connectivity index (χ1v) is 12.0. The van der Waals surface area contributed by atoms with Crippen LogP contribution in [0.25, 0.3) is 11.1 Å². The molecule has 0 amide bonds. The predicted octanol–water partition coefficient (Wildman–Crippen LogP) is 4.36. The number of nitrogens with one attached hydrogen (secondary N) is 2. The van der Waals surface area contributed by atoms with Crippen molar-refractivity contribution in [2.45, 2.75) is 46.1 Å². The van der Waals surface area contributed by atoms with Crippen LogP contribution in [-0.4, -0.2) is 48.8 Å². The van der Waals surface area contributed by atoms with Gasteiger partial charge >= 0.3 is 5.97 Å². The number of carbonyl (C=O) groups is 1. The quantitative estimate of drug-likeness (QED) is 0.275.